The third kappa shape index (κ3) is 3.42. The maximum absolute atomic E-state index is 11.5. The summed E-state index contributed by atoms with van der Waals surface area (Å²) in [4.78, 5) is 24.1. The number of amides is 2. The zero-order valence-corrected chi connectivity index (χ0v) is 9.23. The Morgan fingerprint density at radius 1 is 1.47 bits per heavy atom. The Kier molecular flexibility index (Phi) is 3.94. The van der Waals surface area contributed by atoms with Gasteiger partial charge in [-0.1, -0.05) is 0 Å². The number of likely N-dealkylation sites (tertiary alicyclic amines) is 1. The maximum atomic E-state index is 11.5. The Hall–Kier alpha value is -1.26. The highest BCUT2D eigenvalue weighted by atomic mass is 16.6. The van der Waals surface area contributed by atoms with Crippen molar-refractivity contribution in [2.24, 2.45) is 11.7 Å². The third-order valence-corrected chi connectivity index (χ3v) is 2.42. The van der Waals surface area contributed by atoms with E-state index in [1.807, 2.05) is 0 Å². The van der Waals surface area contributed by atoms with E-state index in [9.17, 15) is 9.59 Å². The second kappa shape index (κ2) is 5.00. The number of carbonyl (C=O) groups is 2. The average molecular weight is 214 g/mol. The van der Waals surface area contributed by atoms with Crippen LogP contribution in [0.4, 0.5) is 4.79 Å². The normalized spacial score (nSPS) is 21.5. The number of primary amides is 1. The molecule has 1 heterocycles. The second-order valence-corrected chi connectivity index (χ2v) is 4.12. The van der Waals surface area contributed by atoms with Gasteiger partial charge < -0.3 is 15.4 Å². The molecule has 1 atom stereocenters. The molecule has 2 amide bonds. The van der Waals surface area contributed by atoms with E-state index in [1.54, 1.807) is 18.7 Å². The Balaban J connectivity index is 2.48. The van der Waals surface area contributed by atoms with Crippen molar-refractivity contribution in [2.45, 2.75) is 32.8 Å². The van der Waals surface area contributed by atoms with Crippen LogP contribution in [0.3, 0.4) is 0 Å². The van der Waals surface area contributed by atoms with Gasteiger partial charge in [0, 0.05) is 13.1 Å². The first-order valence-electron chi connectivity index (χ1n) is 5.25. The van der Waals surface area contributed by atoms with Gasteiger partial charge >= 0.3 is 6.09 Å². The van der Waals surface area contributed by atoms with Crippen molar-refractivity contribution in [1.82, 2.24) is 4.90 Å². The number of ether oxygens (including phenoxy) is 1. The van der Waals surface area contributed by atoms with Crippen LogP contribution in [-0.2, 0) is 9.53 Å². The summed E-state index contributed by atoms with van der Waals surface area (Å²) in [6.45, 7) is 4.64. The maximum Gasteiger partial charge on any atom is 0.410 e. The molecule has 15 heavy (non-hydrogen) atoms. The first-order chi connectivity index (χ1) is 7.00. The number of nitrogens with two attached hydrogens (primary N) is 1. The summed E-state index contributed by atoms with van der Waals surface area (Å²) in [5, 5.41) is 0. The van der Waals surface area contributed by atoms with Gasteiger partial charge in [-0.15, -0.1) is 0 Å². The summed E-state index contributed by atoms with van der Waals surface area (Å²) < 4.78 is 5.05. The average Bonchev–Trinajstić information content (AvgIpc) is 2.17. The van der Waals surface area contributed by atoms with Gasteiger partial charge in [0.2, 0.25) is 5.91 Å². The Labute approximate surface area is 89.6 Å². The van der Waals surface area contributed by atoms with E-state index in [4.69, 9.17) is 10.5 Å². The molecule has 2 N–H and O–H groups in total. The Morgan fingerprint density at radius 3 is 2.67 bits per heavy atom. The molecular formula is C10H18N2O3. The van der Waals surface area contributed by atoms with Crippen LogP contribution in [0.5, 0.6) is 0 Å². The van der Waals surface area contributed by atoms with E-state index < -0.39 is 0 Å². The quantitative estimate of drug-likeness (QED) is 0.736. The van der Waals surface area contributed by atoms with E-state index in [-0.39, 0.29) is 24.0 Å². The summed E-state index contributed by atoms with van der Waals surface area (Å²) in [6, 6.07) is 0. The summed E-state index contributed by atoms with van der Waals surface area (Å²) in [7, 11) is 0. The van der Waals surface area contributed by atoms with Gasteiger partial charge in [-0.05, 0) is 26.7 Å². The predicted molar refractivity (Wildman–Crippen MR) is 55.1 cm³/mol. The summed E-state index contributed by atoms with van der Waals surface area (Å²) in [6.07, 6.45) is 1.09. The summed E-state index contributed by atoms with van der Waals surface area (Å²) >= 11 is 0. The standard InChI is InChI=1S/C10H18N2O3/c1-7(2)15-10(14)12-5-3-4-8(6-12)9(11)13/h7-8H,3-6H2,1-2H3,(H2,11,13)/t8-/m0/s1. The molecule has 5 nitrogen and oxygen atoms in total. The lowest BCUT2D eigenvalue weighted by molar-refractivity contribution is -0.123. The molecule has 0 saturated carbocycles. The molecule has 0 unspecified atom stereocenters. The van der Waals surface area contributed by atoms with Gasteiger partial charge in [-0.3, -0.25) is 4.79 Å². The fraction of sp³-hybridized carbons (Fsp3) is 0.800. The Bertz CT molecular complexity index is 253. The monoisotopic (exact) mass is 214 g/mol. The minimum Gasteiger partial charge on any atom is -0.447 e. The lowest BCUT2D eigenvalue weighted by atomic mass is 9.98. The van der Waals surface area contributed by atoms with Gasteiger partial charge in [0.1, 0.15) is 0 Å². The molecule has 0 aliphatic carbocycles. The van der Waals surface area contributed by atoms with Crippen molar-refractivity contribution < 1.29 is 14.3 Å². The highest BCUT2D eigenvalue weighted by Gasteiger charge is 2.27. The molecule has 0 aromatic carbocycles. The van der Waals surface area contributed by atoms with E-state index in [0.29, 0.717) is 13.1 Å². The van der Waals surface area contributed by atoms with Crippen LogP contribution in [0.1, 0.15) is 26.7 Å². The molecule has 1 aliphatic heterocycles. The molecule has 5 heteroatoms. The number of rotatable bonds is 2. The minimum absolute atomic E-state index is 0.133. The molecule has 1 aliphatic rings. The highest BCUT2D eigenvalue weighted by Crippen LogP contribution is 2.16. The van der Waals surface area contributed by atoms with Crippen LogP contribution in [-0.4, -0.2) is 36.1 Å². The van der Waals surface area contributed by atoms with Crippen molar-refractivity contribution in [1.29, 1.82) is 0 Å². The summed E-state index contributed by atoms with van der Waals surface area (Å²) in [5.41, 5.74) is 5.21. The van der Waals surface area contributed by atoms with Gasteiger partial charge in [-0.25, -0.2) is 4.79 Å². The van der Waals surface area contributed by atoms with Crippen molar-refractivity contribution in [3.05, 3.63) is 0 Å². The van der Waals surface area contributed by atoms with E-state index in [0.717, 1.165) is 12.8 Å². The molecule has 0 spiro atoms. The molecule has 1 fully saturated rings. The molecule has 0 aromatic rings. The van der Waals surface area contributed by atoms with Gasteiger partial charge in [0.25, 0.3) is 0 Å². The van der Waals surface area contributed by atoms with E-state index >= 15 is 0 Å². The molecular weight excluding hydrogens is 196 g/mol. The molecule has 0 bridgehead atoms. The van der Waals surface area contributed by atoms with Crippen molar-refractivity contribution in [3.8, 4) is 0 Å². The topological polar surface area (TPSA) is 72.6 Å². The lowest BCUT2D eigenvalue weighted by Gasteiger charge is -2.30. The van der Waals surface area contributed by atoms with Crippen LogP contribution < -0.4 is 5.73 Å². The number of piperidine rings is 1. The van der Waals surface area contributed by atoms with Crippen LogP contribution >= 0.6 is 0 Å². The van der Waals surface area contributed by atoms with Crippen LogP contribution in [0, 0.1) is 5.92 Å². The molecule has 0 aromatic heterocycles. The number of nitrogens with zero attached hydrogens (tertiary/aromatic N) is 1. The number of carbonyl (C=O) groups excluding carboxylic acids is 2. The van der Waals surface area contributed by atoms with Crippen molar-refractivity contribution in [3.63, 3.8) is 0 Å². The zero-order chi connectivity index (χ0) is 11.4. The SMILES string of the molecule is CC(C)OC(=O)N1CCC[C@H](C(N)=O)C1. The predicted octanol–water partition coefficient (Wildman–Crippen LogP) is 0.729. The van der Waals surface area contributed by atoms with E-state index in [2.05, 4.69) is 0 Å². The summed E-state index contributed by atoms with van der Waals surface area (Å²) in [5.74, 6) is -0.560. The largest absolute Gasteiger partial charge is 0.447 e. The fourth-order valence-electron chi connectivity index (χ4n) is 1.65. The molecule has 86 valence electrons. The molecule has 0 radical (unpaired) electrons. The first kappa shape index (κ1) is 11.8. The second-order valence-electron chi connectivity index (χ2n) is 4.12. The lowest BCUT2D eigenvalue weighted by Crippen LogP contribution is -2.44. The van der Waals surface area contributed by atoms with Crippen LogP contribution in [0.15, 0.2) is 0 Å². The van der Waals surface area contributed by atoms with Crippen molar-refractivity contribution in [2.75, 3.05) is 13.1 Å². The zero-order valence-electron chi connectivity index (χ0n) is 9.23. The van der Waals surface area contributed by atoms with Crippen LogP contribution in [0.25, 0.3) is 0 Å². The smallest absolute Gasteiger partial charge is 0.410 e. The Morgan fingerprint density at radius 2 is 2.13 bits per heavy atom. The van der Waals surface area contributed by atoms with Crippen molar-refractivity contribution >= 4 is 12.0 Å². The van der Waals surface area contributed by atoms with E-state index in [1.165, 1.54) is 0 Å². The number of hydrogen-bond acceptors (Lipinski definition) is 3. The number of hydrogen-bond donors (Lipinski definition) is 1. The molecule has 1 saturated heterocycles. The molecule has 1 rings (SSSR count). The minimum atomic E-state index is -0.351. The first-order valence-corrected chi connectivity index (χ1v) is 5.25. The third-order valence-electron chi connectivity index (χ3n) is 2.42. The van der Waals surface area contributed by atoms with Crippen LogP contribution in [0.2, 0.25) is 0 Å². The fourth-order valence-corrected chi connectivity index (χ4v) is 1.65. The van der Waals surface area contributed by atoms with Gasteiger partial charge in [0.15, 0.2) is 0 Å². The highest BCUT2D eigenvalue weighted by molar-refractivity contribution is 5.78. The van der Waals surface area contributed by atoms with Gasteiger partial charge in [-0.2, -0.15) is 0 Å². The van der Waals surface area contributed by atoms with Gasteiger partial charge in [0.05, 0.1) is 12.0 Å².